The highest BCUT2D eigenvalue weighted by Gasteiger charge is 2.14. The number of aryl methyl sites for hydroxylation is 1. The molecule has 0 fully saturated rings. The van der Waals surface area contributed by atoms with Crippen LogP contribution in [-0.4, -0.2) is 28.6 Å². The Morgan fingerprint density at radius 1 is 1.56 bits per heavy atom. The first-order valence-electron chi connectivity index (χ1n) is 6.01. The average molecular weight is 288 g/mol. The molecule has 0 spiro atoms. The summed E-state index contributed by atoms with van der Waals surface area (Å²) in [4.78, 5) is 15.8. The number of thiazole rings is 1. The highest BCUT2D eigenvalue weighted by molar-refractivity contribution is 7.73. The van der Waals surface area contributed by atoms with E-state index < -0.39 is 0 Å². The molecule has 0 aliphatic rings. The molecule has 0 bridgehead atoms. The van der Waals surface area contributed by atoms with Crippen LogP contribution in [0.25, 0.3) is 0 Å². The summed E-state index contributed by atoms with van der Waals surface area (Å²) >= 11 is 6.46. The highest BCUT2D eigenvalue weighted by Crippen LogP contribution is 2.15. The molecule has 1 rings (SSSR count). The number of amides is 1. The van der Waals surface area contributed by atoms with Crippen molar-refractivity contribution in [2.24, 2.45) is 5.92 Å². The van der Waals surface area contributed by atoms with Gasteiger partial charge < -0.3 is 15.4 Å². The van der Waals surface area contributed by atoms with Gasteiger partial charge in [-0.25, -0.2) is 0 Å². The van der Waals surface area contributed by atoms with Crippen LogP contribution < -0.4 is 5.32 Å². The van der Waals surface area contributed by atoms with E-state index in [0.29, 0.717) is 16.3 Å². The van der Waals surface area contributed by atoms with Gasteiger partial charge in [0.15, 0.2) is 3.95 Å². The summed E-state index contributed by atoms with van der Waals surface area (Å²) in [6.07, 6.45) is 1.10. The van der Waals surface area contributed by atoms with Gasteiger partial charge in [-0.05, 0) is 31.5 Å². The Bertz CT molecular complexity index is 451. The van der Waals surface area contributed by atoms with E-state index in [0.717, 1.165) is 17.0 Å². The number of aromatic amines is 1. The molecule has 1 atom stereocenters. The molecular formula is C12H20N2O2S2. The third-order valence-corrected chi connectivity index (χ3v) is 3.92. The van der Waals surface area contributed by atoms with E-state index in [-0.39, 0.29) is 18.6 Å². The van der Waals surface area contributed by atoms with Crippen molar-refractivity contribution in [3.63, 3.8) is 0 Å². The van der Waals surface area contributed by atoms with Crippen LogP contribution in [0.4, 0.5) is 0 Å². The molecule has 0 aliphatic heterocycles. The van der Waals surface area contributed by atoms with Gasteiger partial charge in [-0.1, -0.05) is 13.8 Å². The van der Waals surface area contributed by atoms with Crippen molar-refractivity contribution < 1.29 is 9.90 Å². The van der Waals surface area contributed by atoms with Crippen LogP contribution in [0.2, 0.25) is 0 Å². The van der Waals surface area contributed by atoms with Crippen LogP contribution in [0.15, 0.2) is 0 Å². The Labute approximate surface area is 116 Å². The van der Waals surface area contributed by atoms with E-state index in [4.69, 9.17) is 12.2 Å². The summed E-state index contributed by atoms with van der Waals surface area (Å²) in [5.41, 5.74) is 0.949. The Morgan fingerprint density at radius 2 is 2.22 bits per heavy atom. The molecule has 0 saturated carbocycles. The number of aliphatic hydroxyl groups excluding tert-OH is 1. The maximum Gasteiger partial charge on any atom is 0.225 e. The number of H-pyrrole nitrogens is 1. The van der Waals surface area contributed by atoms with Crippen molar-refractivity contribution in [2.75, 3.05) is 6.61 Å². The highest BCUT2D eigenvalue weighted by atomic mass is 32.1. The lowest BCUT2D eigenvalue weighted by atomic mass is 10.0. The van der Waals surface area contributed by atoms with Gasteiger partial charge in [-0.2, -0.15) is 0 Å². The fourth-order valence-electron chi connectivity index (χ4n) is 1.78. The summed E-state index contributed by atoms with van der Waals surface area (Å²) in [5, 5.41) is 12.1. The molecule has 6 heteroatoms. The number of carbonyl (C=O) groups is 1. The summed E-state index contributed by atoms with van der Waals surface area (Å²) in [6.45, 7) is 6.02. The van der Waals surface area contributed by atoms with Crippen molar-refractivity contribution >= 4 is 29.5 Å². The van der Waals surface area contributed by atoms with Crippen LogP contribution in [0.5, 0.6) is 0 Å². The van der Waals surface area contributed by atoms with Crippen molar-refractivity contribution in [3.05, 3.63) is 14.5 Å². The fraction of sp³-hybridized carbons (Fsp3) is 0.667. The van der Waals surface area contributed by atoms with E-state index in [1.807, 2.05) is 6.92 Å². The van der Waals surface area contributed by atoms with Crippen molar-refractivity contribution in [2.45, 2.75) is 39.7 Å². The number of hydrogen-bond donors (Lipinski definition) is 3. The lowest BCUT2D eigenvalue weighted by Gasteiger charge is -2.18. The van der Waals surface area contributed by atoms with Crippen LogP contribution in [0.3, 0.4) is 0 Å². The molecule has 4 nitrogen and oxygen atoms in total. The van der Waals surface area contributed by atoms with Gasteiger partial charge in [0.2, 0.25) is 5.91 Å². The Kier molecular flexibility index (Phi) is 5.98. The second-order valence-electron chi connectivity index (χ2n) is 4.82. The van der Waals surface area contributed by atoms with Crippen LogP contribution >= 0.6 is 23.6 Å². The molecule has 0 radical (unpaired) electrons. The monoisotopic (exact) mass is 288 g/mol. The molecule has 1 aromatic rings. The molecule has 0 saturated heterocycles. The maximum absolute atomic E-state index is 11.9. The van der Waals surface area contributed by atoms with Crippen molar-refractivity contribution in [1.29, 1.82) is 0 Å². The minimum absolute atomic E-state index is 0.0221. The number of nitrogens with one attached hydrogen (secondary N) is 2. The van der Waals surface area contributed by atoms with E-state index in [1.165, 1.54) is 11.3 Å². The first-order chi connectivity index (χ1) is 8.42. The fourth-order valence-corrected chi connectivity index (χ4v) is 3.07. The number of hydrogen-bond acceptors (Lipinski definition) is 4. The largest absolute Gasteiger partial charge is 0.394 e. The SMILES string of the molecule is Cc1[nH]c(=S)sc1CC(=O)NC(CO)CC(C)C. The second kappa shape index (κ2) is 7.01. The predicted octanol–water partition coefficient (Wildman–Crippen LogP) is 2.18. The van der Waals surface area contributed by atoms with Gasteiger partial charge in [-0.3, -0.25) is 4.79 Å². The lowest BCUT2D eigenvalue weighted by Crippen LogP contribution is -2.39. The molecule has 1 unspecified atom stereocenters. The normalized spacial score (nSPS) is 12.7. The van der Waals surface area contributed by atoms with Gasteiger partial charge in [0.1, 0.15) is 0 Å². The smallest absolute Gasteiger partial charge is 0.225 e. The van der Waals surface area contributed by atoms with Gasteiger partial charge in [0.05, 0.1) is 19.1 Å². The number of carbonyl (C=O) groups excluding carboxylic acids is 1. The van der Waals surface area contributed by atoms with E-state index >= 15 is 0 Å². The Hall–Kier alpha value is -0.720. The summed E-state index contributed by atoms with van der Waals surface area (Å²) in [7, 11) is 0. The molecule has 0 aliphatic carbocycles. The number of aromatic nitrogens is 1. The lowest BCUT2D eigenvalue weighted by molar-refractivity contribution is -0.121. The zero-order chi connectivity index (χ0) is 13.7. The molecule has 1 heterocycles. The molecule has 102 valence electrons. The average Bonchev–Trinajstić information content (AvgIpc) is 2.55. The predicted molar refractivity (Wildman–Crippen MR) is 76.4 cm³/mol. The minimum Gasteiger partial charge on any atom is -0.394 e. The summed E-state index contributed by atoms with van der Waals surface area (Å²) in [6, 6.07) is -0.162. The number of rotatable bonds is 6. The topological polar surface area (TPSA) is 65.1 Å². The van der Waals surface area contributed by atoms with Crippen LogP contribution in [-0.2, 0) is 11.2 Å². The molecule has 1 aromatic heterocycles. The second-order valence-corrected chi connectivity index (χ2v) is 6.59. The molecule has 1 amide bonds. The molecule has 0 aromatic carbocycles. The Morgan fingerprint density at radius 3 is 2.67 bits per heavy atom. The zero-order valence-corrected chi connectivity index (χ0v) is 12.6. The third kappa shape index (κ3) is 4.88. The quantitative estimate of drug-likeness (QED) is 0.703. The van der Waals surface area contributed by atoms with Crippen molar-refractivity contribution in [3.8, 4) is 0 Å². The van der Waals surface area contributed by atoms with Gasteiger partial charge >= 0.3 is 0 Å². The van der Waals surface area contributed by atoms with Crippen LogP contribution in [0.1, 0.15) is 30.8 Å². The van der Waals surface area contributed by atoms with Crippen LogP contribution in [0, 0.1) is 16.8 Å². The third-order valence-electron chi connectivity index (χ3n) is 2.59. The van der Waals surface area contributed by atoms with E-state index in [2.05, 4.69) is 24.1 Å². The van der Waals surface area contributed by atoms with Gasteiger partial charge in [-0.15, -0.1) is 11.3 Å². The Balaban J connectivity index is 2.55. The molecular weight excluding hydrogens is 268 g/mol. The summed E-state index contributed by atoms with van der Waals surface area (Å²) in [5.74, 6) is 0.376. The number of aliphatic hydroxyl groups is 1. The molecule has 18 heavy (non-hydrogen) atoms. The maximum atomic E-state index is 11.9. The van der Waals surface area contributed by atoms with Crippen molar-refractivity contribution in [1.82, 2.24) is 10.3 Å². The minimum atomic E-state index is -0.162. The first kappa shape index (κ1) is 15.3. The van der Waals surface area contributed by atoms with E-state index in [1.54, 1.807) is 0 Å². The van der Waals surface area contributed by atoms with E-state index in [9.17, 15) is 9.90 Å². The summed E-state index contributed by atoms with van der Waals surface area (Å²) < 4.78 is 0.691. The standard InChI is InChI=1S/C12H20N2O2S2/c1-7(2)4-9(6-15)14-11(16)5-10-8(3)13-12(17)18-10/h7,9,15H,4-6H2,1-3H3,(H,13,17)(H,14,16). The van der Waals surface area contributed by atoms with Gasteiger partial charge in [0, 0.05) is 10.6 Å². The zero-order valence-electron chi connectivity index (χ0n) is 10.9. The first-order valence-corrected chi connectivity index (χ1v) is 7.23. The van der Waals surface area contributed by atoms with Gasteiger partial charge in [0.25, 0.3) is 0 Å². The molecule has 3 N–H and O–H groups in total.